The van der Waals surface area contributed by atoms with Crippen LogP contribution >= 0.6 is 24.0 Å². The Kier molecular flexibility index (Phi) is 11.2. The summed E-state index contributed by atoms with van der Waals surface area (Å²) in [6.45, 7) is 3.96. The van der Waals surface area contributed by atoms with Gasteiger partial charge in [0.2, 0.25) is 5.91 Å². The quantitative estimate of drug-likeness (QED) is 0.259. The van der Waals surface area contributed by atoms with Gasteiger partial charge in [-0.15, -0.1) is 24.0 Å². The van der Waals surface area contributed by atoms with E-state index in [1.807, 2.05) is 30.3 Å². The largest absolute Gasteiger partial charge is 0.382 e. The van der Waals surface area contributed by atoms with E-state index in [1.165, 1.54) is 0 Å². The normalized spacial score (nSPS) is 16.9. The molecule has 2 rings (SSSR count). The minimum absolute atomic E-state index is 0. The van der Waals surface area contributed by atoms with Crippen molar-refractivity contribution in [2.24, 2.45) is 10.9 Å². The van der Waals surface area contributed by atoms with E-state index in [-0.39, 0.29) is 36.4 Å². The molecular weight excluding hydrogens is 447 g/mol. The summed E-state index contributed by atoms with van der Waals surface area (Å²) < 4.78 is 10.6. The summed E-state index contributed by atoms with van der Waals surface area (Å²) in [6.07, 6.45) is 1.06. The van der Waals surface area contributed by atoms with Crippen LogP contribution in [0.15, 0.2) is 35.3 Å². The molecule has 1 unspecified atom stereocenters. The SMILES string of the molecule is CN=C(NCC(=O)Nc1ccccc1)N1CCC(COCCOC)C1.I. The van der Waals surface area contributed by atoms with E-state index in [0.29, 0.717) is 19.1 Å². The average molecular weight is 476 g/mol. The lowest BCUT2D eigenvalue weighted by Crippen LogP contribution is -2.43. The highest BCUT2D eigenvalue weighted by Crippen LogP contribution is 2.16. The summed E-state index contributed by atoms with van der Waals surface area (Å²) in [5.41, 5.74) is 0.790. The van der Waals surface area contributed by atoms with Gasteiger partial charge in [-0.3, -0.25) is 9.79 Å². The summed E-state index contributed by atoms with van der Waals surface area (Å²) in [5.74, 6) is 1.14. The van der Waals surface area contributed by atoms with Gasteiger partial charge in [-0.2, -0.15) is 0 Å². The number of halogens is 1. The number of para-hydroxylation sites is 1. The molecule has 1 fully saturated rings. The second-order valence-electron chi connectivity index (χ2n) is 5.98. The number of nitrogens with one attached hydrogen (secondary N) is 2. The van der Waals surface area contributed by atoms with Gasteiger partial charge >= 0.3 is 0 Å². The Labute approximate surface area is 172 Å². The molecule has 8 heteroatoms. The number of nitrogens with zero attached hydrogens (tertiary/aromatic N) is 2. The van der Waals surface area contributed by atoms with E-state index in [2.05, 4.69) is 20.5 Å². The number of carbonyl (C=O) groups is 1. The molecular formula is C18H29IN4O3. The average Bonchev–Trinajstić information content (AvgIpc) is 3.09. The van der Waals surface area contributed by atoms with Crippen LogP contribution in [0.4, 0.5) is 5.69 Å². The number of guanidine groups is 1. The number of aliphatic imine (C=N–C) groups is 1. The highest BCUT2D eigenvalue weighted by molar-refractivity contribution is 14.0. The molecule has 1 heterocycles. The number of amides is 1. The zero-order chi connectivity index (χ0) is 17.9. The predicted molar refractivity (Wildman–Crippen MR) is 114 cm³/mol. The fraction of sp³-hybridized carbons (Fsp3) is 0.556. The van der Waals surface area contributed by atoms with Crippen LogP contribution in [0.5, 0.6) is 0 Å². The minimum atomic E-state index is -0.0917. The zero-order valence-electron chi connectivity index (χ0n) is 15.4. The maximum atomic E-state index is 12.0. The lowest BCUT2D eigenvalue weighted by atomic mass is 10.1. The first kappa shape index (κ1) is 22.7. The van der Waals surface area contributed by atoms with E-state index in [0.717, 1.165) is 37.8 Å². The van der Waals surface area contributed by atoms with Crippen molar-refractivity contribution in [1.82, 2.24) is 10.2 Å². The maximum absolute atomic E-state index is 12.0. The van der Waals surface area contributed by atoms with Crippen LogP contribution in [0.3, 0.4) is 0 Å². The van der Waals surface area contributed by atoms with Gasteiger partial charge in [0.05, 0.1) is 26.4 Å². The summed E-state index contributed by atoms with van der Waals surface area (Å²) in [7, 11) is 3.41. The van der Waals surface area contributed by atoms with E-state index in [4.69, 9.17) is 9.47 Å². The first-order valence-corrected chi connectivity index (χ1v) is 8.60. The molecule has 1 atom stereocenters. The highest BCUT2D eigenvalue weighted by atomic mass is 127. The molecule has 1 saturated heterocycles. The van der Waals surface area contributed by atoms with Gasteiger partial charge < -0.3 is 25.0 Å². The van der Waals surface area contributed by atoms with Crippen LogP contribution in [0.2, 0.25) is 0 Å². The van der Waals surface area contributed by atoms with Gasteiger partial charge in [0.25, 0.3) is 0 Å². The molecule has 1 aromatic carbocycles. The number of benzene rings is 1. The Bertz CT molecular complexity index is 557. The van der Waals surface area contributed by atoms with Gasteiger partial charge in [0.15, 0.2) is 5.96 Å². The van der Waals surface area contributed by atoms with Crippen molar-refractivity contribution >= 4 is 41.5 Å². The summed E-state index contributed by atoms with van der Waals surface area (Å²) >= 11 is 0. The Morgan fingerprint density at radius 1 is 1.31 bits per heavy atom. The molecule has 1 amide bonds. The fourth-order valence-electron chi connectivity index (χ4n) is 2.77. The van der Waals surface area contributed by atoms with Crippen LogP contribution in [0, 0.1) is 5.92 Å². The number of hydrogen-bond acceptors (Lipinski definition) is 4. The molecule has 0 aliphatic carbocycles. The lowest BCUT2D eigenvalue weighted by molar-refractivity contribution is -0.115. The van der Waals surface area contributed by atoms with Crippen molar-refractivity contribution < 1.29 is 14.3 Å². The molecule has 0 bridgehead atoms. The zero-order valence-corrected chi connectivity index (χ0v) is 17.8. The van der Waals surface area contributed by atoms with E-state index < -0.39 is 0 Å². The first-order valence-electron chi connectivity index (χ1n) is 8.60. The van der Waals surface area contributed by atoms with Gasteiger partial charge in [0.1, 0.15) is 0 Å². The number of rotatable bonds is 8. The number of likely N-dealkylation sites (tertiary alicyclic amines) is 1. The number of ether oxygens (including phenoxy) is 2. The predicted octanol–water partition coefficient (Wildman–Crippen LogP) is 1.80. The monoisotopic (exact) mass is 476 g/mol. The first-order chi connectivity index (χ1) is 12.2. The van der Waals surface area contributed by atoms with Crippen LogP contribution in [-0.2, 0) is 14.3 Å². The third-order valence-corrected chi connectivity index (χ3v) is 4.05. The molecule has 2 N–H and O–H groups in total. The summed E-state index contributed by atoms with van der Waals surface area (Å²) in [6, 6.07) is 9.42. The summed E-state index contributed by atoms with van der Waals surface area (Å²) in [4.78, 5) is 18.5. The number of anilines is 1. The molecule has 0 radical (unpaired) electrons. The molecule has 26 heavy (non-hydrogen) atoms. The standard InChI is InChI=1S/C18H28N4O3.HI/c1-19-18(20-12-17(23)21-16-6-4-3-5-7-16)22-9-8-15(13-22)14-25-11-10-24-2;/h3-7,15H,8-14H2,1-2H3,(H,19,20)(H,21,23);1H. The van der Waals surface area contributed by atoms with Crippen molar-refractivity contribution in [3.63, 3.8) is 0 Å². The van der Waals surface area contributed by atoms with Crippen molar-refractivity contribution in [3.05, 3.63) is 30.3 Å². The minimum Gasteiger partial charge on any atom is -0.382 e. The Morgan fingerprint density at radius 3 is 2.77 bits per heavy atom. The topological polar surface area (TPSA) is 75.2 Å². The lowest BCUT2D eigenvalue weighted by Gasteiger charge is -2.21. The van der Waals surface area contributed by atoms with Gasteiger partial charge in [0, 0.05) is 38.9 Å². The molecule has 1 aliphatic rings. The molecule has 0 aromatic heterocycles. The molecule has 146 valence electrons. The van der Waals surface area contributed by atoms with Crippen LogP contribution in [-0.4, -0.2) is 70.4 Å². The van der Waals surface area contributed by atoms with Gasteiger partial charge in [-0.1, -0.05) is 18.2 Å². The van der Waals surface area contributed by atoms with E-state index in [9.17, 15) is 4.79 Å². The molecule has 1 aromatic rings. The summed E-state index contributed by atoms with van der Waals surface area (Å²) in [5, 5.41) is 5.99. The third-order valence-electron chi connectivity index (χ3n) is 4.05. The molecule has 7 nitrogen and oxygen atoms in total. The molecule has 0 saturated carbocycles. The second kappa shape index (κ2) is 12.9. The van der Waals surface area contributed by atoms with Crippen LogP contribution < -0.4 is 10.6 Å². The van der Waals surface area contributed by atoms with Crippen LogP contribution in [0.1, 0.15) is 6.42 Å². The second-order valence-corrected chi connectivity index (χ2v) is 5.98. The number of methoxy groups -OCH3 is 1. The van der Waals surface area contributed by atoms with Crippen molar-refractivity contribution in [3.8, 4) is 0 Å². The van der Waals surface area contributed by atoms with Crippen LogP contribution in [0.25, 0.3) is 0 Å². The van der Waals surface area contributed by atoms with Gasteiger partial charge in [-0.05, 0) is 18.6 Å². The highest BCUT2D eigenvalue weighted by Gasteiger charge is 2.25. The van der Waals surface area contributed by atoms with Crippen molar-refractivity contribution in [2.75, 3.05) is 58.9 Å². The Balaban J connectivity index is 0.00000338. The van der Waals surface area contributed by atoms with E-state index >= 15 is 0 Å². The Hall–Kier alpha value is -1.39. The molecule has 0 spiro atoms. The fourth-order valence-corrected chi connectivity index (χ4v) is 2.77. The maximum Gasteiger partial charge on any atom is 0.243 e. The van der Waals surface area contributed by atoms with Crippen molar-refractivity contribution in [2.45, 2.75) is 6.42 Å². The third kappa shape index (κ3) is 7.88. The smallest absolute Gasteiger partial charge is 0.243 e. The van der Waals surface area contributed by atoms with Crippen molar-refractivity contribution in [1.29, 1.82) is 0 Å². The molecule has 1 aliphatic heterocycles. The van der Waals surface area contributed by atoms with E-state index in [1.54, 1.807) is 14.2 Å². The number of carbonyl (C=O) groups excluding carboxylic acids is 1. The Morgan fingerprint density at radius 2 is 2.08 bits per heavy atom. The van der Waals surface area contributed by atoms with Gasteiger partial charge in [-0.25, -0.2) is 0 Å². The number of hydrogen-bond donors (Lipinski definition) is 2.